The second-order valence-corrected chi connectivity index (χ2v) is 6.07. The molecule has 0 spiro atoms. The van der Waals surface area contributed by atoms with Crippen LogP contribution in [-0.2, 0) is 9.84 Å². The molecule has 2 rings (SSSR count). The van der Waals surface area contributed by atoms with Gasteiger partial charge in [0, 0.05) is 12.8 Å². The average Bonchev–Trinajstić information content (AvgIpc) is 2.67. The molecule has 0 aliphatic carbocycles. The Bertz CT molecular complexity index is 493. The molecule has 0 radical (unpaired) electrons. The summed E-state index contributed by atoms with van der Waals surface area (Å²) in [5.41, 5.74) is 0.604. The van der Waals surface area contributed by atoms with Gasteiger partial charge in [-0.2, -0.15) is 0 Å². The zero-order chi connectivity index (χ0) is 11.8. The molecular weight excluding hydrogens is 229 g/mol. The van der Waals surface area contributed by atoms with Crippen molar-refractivity contribution in [1.82, 2.24) is 5.32 Å². The van der Waals surface area contributed by atoms with Crippen LogP contribution in [0, 0.1) is 5.82 Å². The van der Waals surface area contributed by atoms with Crippen LogP contribution in [-0.4, -0.2) is 27.8 Å². The fraction of sp³-hybridized carbons (Fsp3) is 0.455. The Morgan fingerprint density at radius 3 is 2.75 bits per heavy atom. The van der Waals surface area contributed by atoms with E-state index in [9.17, 15) is 12.8 Å². The second-order valence-electron chi connectivity index (χ2n) is 4.12. The first-order chi connectivity index (χ1) is 7.50. The number of rotatable bonds is 2. The summed E-state index contributed by atoms with van der Waals surface area (Å²) < 4.78 is 36.7. The lowest BCUT2D eigenvalue weighted by Crippen LogP contribution is -2.12. The van der Waals surface area contributed by atoms with Crippen LogP contribution in [0.1, 0.15) is 17.9 Å². The molecule has 0 saturated carbocycles. The smallest absolute Gasteiger partial charge is 0.178 e. The van der Waals surface area contributed by atoms with Crippen LogP contribution in [0.4, 0.5) is 4.39 Å². The molecule has 1 fully saturated rings. The van der Waals surface area contributed by atoms with E-state index >= 15 is 0 Å². The second kappa shape index (κ2) is 4.14. The minimum Gasteiger partial charge on any atom is -0.316 e. The van der Waals surface area contributed by atoms with Gasteiger partial charge in [0.1, 0.15) is 10.7 Å². The zero-order valence-corrected chi connectivity index (χ0v) is 9.85. The summed E-state index contributed by atoms with van der Waals surface area (Å²) in [5.74, 6) is -0.549. The van der Waals surface area contributed by atoms with E-state index in [0.717, 1.165) is 19.2 Å². The third-order valence-corrected chi connectivity index (χ3v) is 4.04. The maximum absolute atomic E-state index is 13.6. The number of sulfone groups is 1. The van der Waals surface area contributed by atoms with E-state index in [1.54, 1.807) is 12.1 Å². The SMILES string of the molecule is CS(=O)(=O)c1c(F)cccc1C1CCNC1. The third kappa shape index (κ3) is 2.10. The Labute approximate surface area is 94.6 Å². The summed E-state index contributed by atoms with van der Waals surface area (Å²) in [6.45, 7) is 1.57. The standard InChI is InChI=1S/C11H14FNO2S/c1-16(14,15)11-9(3-2-4-10(11)12)8-5-6-13-7-8/h2-4,8,13H,5-7H2,1H3. The summed E-state index contributed by atoms with van der Waals surface area (Å²) in [4.78, 5) is -0.135. The lowest BCUT2D eigenvalue weighted by molar-refractivity contribution is 0.560. The number of nitrogens with one attached hydrogen (secondary N) is 1. The highest BCUT2D eigenvalue weighted by molar-refractivity contribution is 7.90. The topological polar surface area (TPSA) is 46.2 Å². The van der Waals surface area contributed by atoms with Gasteiger partial charge in [-0.3, -0.25) is 0 Å². The zero-order valence-electron chi connectivity index (χ0n) is 9.03. The van der Waals surface area contributed by atoms with Gasteiger partial charge in [0.25, 0.3) is 0 Å². The molecule has 0 bridgehead atoms. The lowest BCUT2D eigenvalue weighted by atomic mass is 9.98. The van der Waals surface area contributed by atoms with Gasteiger partial charge < -0.3 is 5.32 Å². The van der Waals surface area contributed by atoms with Crippen molar-refractivity contribution in [3.63, 3.8) is 0 Å². The van der Waals surface area contributed by atoms with E-state index < -0.39 is 15.7 Å². The highest BCUT2D eigenvalue weighted by Crippen LogP contribution is 2.30. The molecule has 0 aromatic heterocycles. The van der Waals surface area contributed by atoms with Crippen LogP contribution in [0.25, 0.3) is 0 Å². The fourth-order valence-corrected chi connectivity index (χ4v) is 3.24. The minimum absolute atomic E-state index is 0.0976. The quantitative estimate of drug-likeness (QED) is 0.851. The van der Waals surface area contributed by atoms with Gasteiger partial charge in [-0.05, 0) is 30.5 Å². The normalized spacial score (nSPS) is 21.2. The summed E-state index contributed by atoms with van der Waals surface area (Å²) in [6, 6.07) is 4.47. The average molecular weight is 243 g/mol. The number of halogens is 1. The molecule has 88 valence electrons. The van der Waals surface area contributed by atoms with E-state index in [1.165, 1.54) is 6.07 Å². The first-order valence-electron chi connectivity index (χ1n) is 5.19. The molecule has 1 aliphatic rings. The minimum atomic E-state index is -3.50. The van der Waals surface area contributed by atoms with E-state index in [2.05, 4.69) is 5.32 Å². The predicted octanol–water partition coefficient (Wildman–Crippen LogP) is 1.31. The monoisotopic (exact) mass is 243 g/mol. The summed E-state index contributed by atoms with van der Waals surface area (Å²) in [6.07, 6.45) is 1.91. The van der Waals surface area contributed by atoms with Crippen molar-refractivity contribution in [2.45, 2.75) is 17.2 Å². The van der Waals surface area contributed by atoms with Gasteiger partial charge in [-0.1, -0.05) is 12.1 Å². The maximum Gasteiger partial charge on any atom is 0.178 e. The molecular formula is C11H14FNO2S. The lowest BCUT2D eigenvalue weighted by Gasteiger charge is -2.13. The van der Waals surface area contributed by atoms with Crippen molar-refractivity contribution < 1.29 is 12.8 Å². The van der Waals surface area contributed by atoms with E-state index in [1.807, 2.05) is 0 Å². The highest BCUT2D eigenvalue weighted by atomic mass is 32.2. The van der Waals surface area contributed by atoms with Crippen LogP contribution in [0.3, 0.4) is 0 Å². The fourth-order valence-electron chi connectivity index (χ4n) is 2.16. The van der Waals surface area contributed by atoms with Gasteiger partial charge in [-0.25, -0.2) is 12.8 Å². The molecule has 3 nitrogen and oxygen atoms in total. The van der Waals surface area contributed by atoms with Gasteiger partial charge in [-0.15, -0.1) is 0 Å². The molecule has 1 atom stereocenters. The molecule has 1 unspecified atom stereocenters. The first kappa shape index (κ1) is 11.5. The van der Waals surface area contributed by atoms with Crippen molar-refractivity contribution in [3.05, 3.63) is 29.6 Å². The Morgan fingerprint density at radius 1 is 1.44 bits per heavy atom. The first-order valence-corrected chi connectivity index (χ1v) is 7.08. The van der Waals surface area contributed by atoms with Crippen LogP contribution in [0.2, 0.25) is 0 Å². The molecule has 1 heterocycles. The Morgan fingerprint density at radius 2 is 2.19 bits per heavy atom. The van der Waals surface area contributed by atoms with Crippen molar-refractivity contribution in [2.24, 2.45) is 0 Å². The molecule has 1 aromatic carbocycles. The third-order valence-electron chi connectivity index (χ3n) is 2.87. The maximum atomic E-state index is 13.6. The molecule has 16 heavy (non-hydrogen) atoms. The molecule has 1 N–H and O–H groups in total. The molecule has 5 heteroatoms. The number of benzene rings is 1. The Hall–Kier alpha value is -0.940. The van der Waals surface area contributed by atoms with Gasteiger partial charge in [0.2, 0.25) is 0 Å². The van der Waals surface area contributed by atoms with Crippen LogP contribution in [0.5, 0.6) is 0 Å². The van der Waals surface area contributed by atoms with Crippen molar-refractivity contribution in [3.8, 4) is 0 Å². The number of hydrogen-bond donors (Lipinski definition) is 1. The molecule has 1 aliphatic heterocycles. The summed E-state index contributed by atoms with van der Waals surface area (Å²) in [5, 5.41) is 3.15. The van der Waals surface area contributed by atoms with Crippen LogP contribution < -0.4 is 5.32 Å². The molecule has 0 amide bonds. The molecule has 1 aromatic rings. The van der Waals surface area contributed by atoms with Crippen LogP contribution in [0.15, 0.2) is 23.1 Å². The van der Waals surface area contributed by atoms with E-state index in [0.29, 0.717) is 12.1 Å². The highest BCUT2D eigenvalue weighted by Gasteiger charge is 2.25. The Balaban J connectivity index is 2.56. The van der Waals surface area contributed by atoms with Gasteiger partial charge >= 0.3 is 0 Å². The van der Waals surface area contributed by atoms with Gasteiger partial charge in [0.15, 0.2) is 9.84 Å². The van der Waals surface area contributed by atoms with Crippen molar-refractivity contribution in [1.29, 1.82) is 0 Å². The Kier molecular flexibility index (Phi) is 2.99. The summed E-state index contributed by atoms with van der Waals surface area (Å²) in [7, 11) is -3.50. The van der Waals surface area contributed by atoms with Crippen LogP contribution >= 0.6 is 0 Å². The van der Waals surface area contributed by atoms with E-state index in [4.69, 9.17) is 0 Å². The molecule has 1 saturated heterocycles. The van der Waals surface area contributed by atoms with Crippen molar-refractivity contribution >= 4 is 9.84 Å². The van der Waals surface area contributed by atoms with Crippen molar-refractivity contribution in [2.75, 3.05) is 19.3 Å². The number of hydrogen-bond acceptors (Lipinski definition) is 3. The summed E-state index contributed by atoms with van der Waals surface area (Å²) >= 11 is 0. The van der Waals surface area contributed by atoms with E-state index in [-0.39, 0.29) is 10.8 Å². The predicted molar refractivity (Wildman–Crippen MR) is 59.7 cm³/mol. The largest absolute Gasteiger partial charge is 0.316 e. The van der Waals surface area contributed by atoms with Gasteiger partial charge in [0.05, 0.1) is 0 Å².